The van der Waals surface area contributed by atoms with Crippen LogP contribution >= 0.6 is 0 Å². The second kappa shape index (κ2) is 12.7. The molecular formula is C28H51N5O5Si2. The average Bonchev–Trinajstić information content (AvgIpc) is 3.48. The average molecular weight is 594 g/mol. The molecule has 0 spiro atoms. The van der Waals surface area contributed by atoms with E-state index in [1.165, 1.54) is 6.33 Å². The topological polar surface area (TPSA) is 121 Å². The van der Waals surface area contributed by atoms with Gasteiger partial charge in [0.05, 0.1) is 12.9 Å². The molecule has 1 saturated heterocycles. The second-order valence-corrected chi connectivity index (χ2v) is 21.9. The highest BCUT2D eigenvalue weighted by Gasteiger charge is 2.56. The number of carbonyl (C=O) groups excluding carboxylic acids is 1. The molecule has 0 radical (unpaired) electrons. The third-order valence-corrected chi connectivity index (χ3v) is 18.3. The van der Waals surface area contributed by atoms with Gasteiger partial charge in [-0.05, 0) is 43.2 Å². The van der Waals surface area contributed by atoms with E-state index in [0.717, 1.165) is 36.3 Å². The van der Waals surface area contributed by atoms with E-state index < -0.39 is 46.1 Å². The SMILES string of the molecule is CC[Si](CC)(CC)OC[C@@]1(C)O[C@@H](n2cnc3c(NC(=O)C(C)(C)C)ncnc32)[C@H](O[Si](CC)(CC)CC)[C@H]1O. The van der Waals surface area contributed by atoms with Crippen molar-refractivity contribution in [1.82, 2.24) is 19.5 Å². The number of hydrogen-bond donors (Lipinski definition) is 2. The van der Waals surface area contributed by atoms with Gasteiger partial charge in [-0.15, -0.1) is 0 Å². The Hall–Kier alpha value is -1.71. The molecule has 0 unspecified atom stereocenters. The lowest BCUT2D eigenvalue weighted by Gasteiger charge is -2.36. The van der Waals surface area contributed by atoms with Crippen molar-refractivity contribution in [1.29, 1.82) is 0 Å². The summed E-state index contributed by atoms with van der Waals surface area (Å²) in [5.41, 5.74) is -0.607. The lowest BCUT2D eigenvalue weighted by atomic mass is 9.96. The minimum Gasteiger partial charge on any atom is -0.414 e. The maximum atomic E-state index is 12.7. The molecule has 0 bridgehead atoms. The van der Waals surface area contributed by atoms with Crippen LogP contribution in [0.15, 0.2) is 12.7 Å². The zero-order valence-corrected chi connectivity index (χ0v) is 28.2. The first-order chi connectivity index (χ1) is 18.8. The number of fused-ring (bicyclic) bond motifs is 1. The molecular weight excluding hydrogens is 543 g/mol. The van der Waals surface area contributed by atoms with Gasteiger partial charge in [0, 0.05) is 5.41 Å². The summed E-state index contributed by atoms with van der Waals surface area (Å²) in [5, 5.41) is 14.8. The number of imidazole rings is 1. The van der Waals surface area contributed by atoms with E-state index in [1.807, 2.05) is 32.3 Å². The summed E-state index contributed by atoms with van der Waals surface area (Å²) in [4.78, 5) is 26.1. The molecule has 3 heterocycles. The molecule has 226 valence electrons. The number of rotatable bonds is 13. The van der Waals surface area contributed by atoms with E-state index in [0.29, 0.717) is 23.6 Å². The number of aliphatic hydroxyl groups is 1. The summed E-state index contributed by atoms with van der Waals surface area (Å²) < 4.78 is 22.1. The van der Waals surface area contributed by atoms with Crippen LogP contribution in [-0.4, -0.2) is 71.6 Å². The van der Waals surface area contributed by atoms with Gasteiger partial charge in [-0.1, -0.05) is 62.3 Å². The second-order valence-electron chi connectivity index (χ2n) is 12.4. The Morgan fingerprint density at radius 2 is 1.60 bits per heavy atom. The largest absolute Gasteiger partial charge is 0.414 e. The Bertz CT molecular complexity index is 1130. The van der Waals surface area contributed by atoms with Crippen LogP contribution in [0.1, 0.15) is 75.5 Å². The van der Waals surface area contributed by atoms with Crippen LogP contribution in [-0.2, 0) is 18.4 Å². The molecule has 0 aliphatic carbocycles. The van der Waals surface area contributed by atoms with Crippen molar-refractivity contribution in [3.63, 3.8) is 0 Å². The molecule has 2 aromatic rings. The number of ether oxygens (including phenoxy) is 1. The third kappa shape index (κ3) is 6.36. The molecule has 3 rings (SSSR count). The summed E-state index contributed by atoms with van der Waals surface area (Å²) >= 11 is 0. The summed E-state index contributed by atoms with van der Waals surface area (Å²) in [5.74, 6) is 0.176. The molecule has 1 fully saturated rings. The number of aliphatic hydroxyl groups excluding tert-OH is 1. The molecule has 1 aliphatic heterocycles. The minimum absolute atomic E-state index is 0.166. The van der Waals surface area contributed by atoms with Gasteiger partial charge in [-0.3, -0.25) is 9.36 Å². The van der Waals surface area contributed by atoms with Gasteiger partial charge >= 0.3 is 0 Å². The maximum Gasteiger partial charge on any atom is 0.230 e. The molecule has 10 nitrogen and oxygen atoms in total. The van der Waals surface area contributed by atoms with Gasteiger partial charge in [0.15, 0.2) is 39.8 Å². The molecule has 1 amide bonds. The fraction of sp³-hybridized carbons (Fsp3) is 0.786. The van der Waals surface area contributed by atoms with Crippen LogP contribution < -0.4 is 5.32 Å². The van der Waals surface area contributed by atoms with E-state index in [2.05, 4.69) is 61.8 Å². The van der Waals surface area contributed by atoms with Crippen molar-refractivity contribution in [2.24, 2.45) is 5.41 Å². The normalized spacial score (nSPS) is 24.1. The number of nitrogens with zero attached hydrogens (tertiary/aromatic N) is 4. The van der Waals surface area contributed by atoms with Crippen molar-refractivity contribution in [2.75, 3.05) is 11.9 Å². The monoisotopic (exact) mass is 593 g/mol. The smallest absolute Gasteiger partial charge is 0.230 e. The van der Waals surface area contributed by atoms with Gasteiger partial charge < -0.3 is 24.0 Å². The van der Waals surface area contributed by atoms with E-state index in [-0.39, 0.29) is 5.91 Å². The number of anilines is 1. The summed E-state index contributed by atoms with van der Waals surface area (Å²) in [6.07, 6.45) is 0.844. The number of nitrogens with one attached hydrogen (secondary N) is 1. The minimum atomic E-state index is -2.14. The quantitative estimate of drug-likeness (QED) is 0.277. The molecule has 40 heavy (non-hydrogen) atoms. The first kappa shape index (κ1) is 32.8. The highest BCUT2D eigenvalue weighted by atomic mass is 28.4. The zero-order chi connectivity index (χ0) is 29.9. The summed E-state index contributed by atoms with van der Waals surface area (Å²) in [6, 6.07) is 5.86. The lowest BCUT2D eigenvalue weighted by Crippen LogP contribution is -2.51. The van der Waals surface area contributed by atoms with Crippen molar-refractivity contribution >= 4 is 39.5 Å². The Morgan fingerprint density at radius 1 is 1.02 bits per heavy atom. The standard InChI is InChI=1S/C28H51N5O5Si2/c1-11-39(12-2,13-3)36-17-28(10)22(34)21(38-40(14-4,15-5)16-6)25(37-28)33-19-31-20-23(29-18-30-24(20)33)32-26(35)27(7,8)9/h18-19,21-22,25,34H,11-17H2,1-10H3,(H,29,30,32,35)/t21-,22-,25-,28-/m1/s1. The Labute approximate surface area is 241 Å². The van der Waals surface area contributed by atoms with Gasteiger partial charge in [0.25, 0.3) is 0 Å². The first-order valence-corrected chi connectivity index (χ1v) is 20.0. The highest BCUT2D eigenvalue weighted by molar-refractivity contribution is 6.74. The predicted octanol–water partition coefficient (Wildman–Crippen LogP) is 5.87. The molecule has 0 aromatic carbocycles. The number of hydrogen-bond acceptors (Lipinski definition) is 8. The zero-order valence-electron chi connectivity index (χ0n) is 26.2. The first-order valence-electron chi connectivity index (χ1n) is 14.9. The highest BCUT2D eigenvalue weighted by Crippen LogP contribution is 2.43. The summed E-state index contributed by atoms with van der Waals surface area (Å²) in [6.45, 7) is 20.8. The van der Waals surface area contributed by atoms with Gasteiger partial charge in [-0.2, -0.15) is 0 Å². The van der Waals surface area contributed by atoms with E-state index in [9.17, 15) is 9.90 Å². The fourth-order valence-electron chi connectivity index (χ4n) is 5.44. The predicted molar refractivity (Wildman–Crippen MR) is 163 cm³/mol. The van der Waals surface area contributed by atoms with Crippen LogP contribution in [0.5, 0.6) is 0 Å². The van der Waals surface area contributed by atoms with Crippen LogP contribution in [0.25, 0.3) is 11.2 Å². The lowest BCUT2D eigenvalue weighted by molar-refractivity contribution is -0.123. The van der Waals surface area contributed by atoms with Crippen LogP contribution in [0.3, 0.4) is 0 Å². The molecule has 2 N–H and O–H groups in total. The molecule has 1 aliphatic rings. The van der Waals surface area contributed by atoms with Crippen LogP contribution in [0.2, 0.25) is 36.3 Å². The van der Waals surface area contributed by atoms with Gasteiger partial charge in [-0.25, -0.2) is 15.0 Å². The maximum absolute atomic E-state index is 12.7. The molecule has 12 heteroatoms. The van der Waals surface area contributed by atoms with Crippen molar-refractivity contribution in [3.8, 4) is 0 Å². The van der Waals surface area contributed by atoms with Crippen molar-refractivity contribution in [3.05, 3.63) is 12.7 Å². The van der Waals surface area contributed by atoms with Gasteiger partial charge in [0.2, 0.25) is 5.91 Å². The molecule has 4 atom stereocenters. The number of aromatic nitrogens is 4. The Kier molecular flexibility index (Phi) is 10.4. The van der Waals surface area contributed by atoms with Crippen LogP contribution in [0.4, 0.5) is 5.82 Å². The molecule has 0 saturated carbocycles. The van der Waals surface area contributed by atoms with E-state index in [4.69, 9.17) is 13.6 Å². The molecule has 2 aromatic heterocycles. The summed E-state index contributed by atoms with van der Waals surface area (Å²) in [7, 11) is -4.06. The fourth-order valence-corrected chi connectivity index (χ4v) is 11.0. The third-order valence-electron chi connectivity index (χ3n) is 9.07. The van der Waals surface area contributed by atoms with Gasteiger partial charge in [0.1, 0.15) is 24.1 Å². The van der Waals surface area contributed by atoms with Crippen molar-refractivity contribution < 1.29 is 23.5 Å². The van der Waals surface area contributed by atoms with E-state index >= 15 is 0 Å². The van der Waals surface area contributed by atoms with E-state index in [1.54, 1.807) is 6.33 Å². The Balaban J connectivity index is 2.05. The van der Waals surface area contributed by atoms with Crippen molar-refractivity contribution in [2.45, 2.75) is 130 Å². The van der Waals surface area contributed by atoms with Crippen LogP contribution in [0, 0.1) is 5.41 Å². The number of carbonyl (C=O) groups is 1. The Morgan fingerprint density at radius 3 is 2.12 bits per heavy atom. The number of amides is 1.